The Morgan fingerprint density at radius 2 is 0.829 bits per heavy atom. The molecule has 0 N–H and O–H groups in total. The molecule has 190 valence electrons. The first-order valence-corrected chi connectivity index (χ1v) is 14.8. The van der Waals surface area contributed by atoms with Gasteiger partial charge in [-0.1, -0.05) is 119 Å². The van der Waals surface area contributed by atoms with E-state index in [0.717, 1.165) is 4.47 Å². The summed E-state index contributed by atoms with van der Waals surface area (Å²) in [7, 11) is 0. The number of hydrogen-bond donors (Lipinski definition) is 0. The van der Waals surface area contributed by atoms with Crippen LogP contribution < -0.4 is 0 Å². The summed E-state index contributed by atoms with van der Waals surface area (Å²) in [5.74, 6) is 0. The van der Waals surface area contributed by atoms with Crippen molar-refractivity contribution in [2.24, 2.45) is 0 Å². The highest BCUT2D eigenvalue weighted by molar-refractivity contribution is 9.10. The first-order valence-electron chi connectivity index (χ1n) is 14.0. The topological polar surface area (TPSA) is 8.82 Å². The summed E-state index contributed by atoms with van der Waals surface area (Å²) in [5.41, 5.74) is 7.38. The van der Waals surface area contributed by atoms with Crippen molar-refractivity contribution in [3.05, 3.63) is 132 Å². The van der Waals surface area contributed by atoms with E-state index in [4.69, 9.17) is 0 Å². The van der Waals surface area contributed by atoms with Gasteiger partial charge in [-0.25, -0.2) is 0 Å². The van der Waals surface area contributed by atoms with Crippen LogP contribution in [-0.4, -0.2) is 8.80 Å². The number of nitrogens with zero attached hydrogens (tertiary/aromatic N) is 2. The van der Waals surface area contributed by atoms with Crippen molar-refractivity contribution in [1.82, 2.24) is 8.80 Å². The molecule has 0 radical (unpaired) electrons. The molecular formula is C38H21BrN2. The SMILES string of the molecule is Brc1cccc2c1c1cccc3c4c5ccccc5c5ccccc5c4n4c5ccccc5c5cccc(c54)n2c13. The van der Waals surface area contributed by atoms with Crippen molar-refractivity contribution in [1.29, 1.82) is 0 Å². The molecule has 0 saturated carbocycles. The van der Waals surface area contributed by atoms with E-state index in [1.165, 1.54) is 87.0 Å². The van der Waals surface area contributed by atoms with Crippen molar-refractivity contribution < 1.29 is 0 Å². The lowest BCUT2D eigenvalue weighted by Gasteiger charge is -2.15. The Hall–Kier alpha value is -4.86. The molecule has 3 heterocycles. The summed E-state index contributed by atoms with van der Waals surface area (Å²) in [5, 5.41) is 12.7. The number of para-hydroxylation sites is 3. The fraction of sp³-hybridized carbons (Fsp3) is 0. The molecule has 3 heteroatoms. The van der Waals surface area contributed by atoms with Crippen LogP contribution in [0.4, 0.5) is 0 Å². The summed E-state index contributed by atoms with van der Waals surface area (Å²) in [6, 6.07) is 46.9. The number of fused-ring (bicyclic) bond motifs is 15. The summed E-state index contributed by atoms with van der Waals surface area (Å²) in [4.78, 5) is 0. The number of aromatic nitrogens is 2. The molecule has 0 spiro atoms. The lowest BCUT2D eigenvalue weighted by atomic mass is 9.95. The first-order chi connectivity index (χ1) is 20.3. The number of hydrogen-bond acceptors (Lipinski definition) is 0. The maximum atomic E-state index is 3.93. The van der Waals surface area contributed by atoms with Crippen LogP contribution in [-0.2, 0) is 0 Å². The van der Waals surface area contributed by atoms with Crippen LogP contribution >= 0.6 is 15.9 Å². The minimum absolute atomic E-state index is 1.12. The molecular weight excluding hydrogens is 564 g/mol. The van der Waals surface area contributed by atoms with Gasteiger partial charge in [0.05, 0.1) is 33.1 Å². The predicted octanol–water partition coefficient (Wildman–Crippen LogP) is 11.0. The number of rotatable bonds is 0. The zero-order valence-corrected chi connectivity index (χ0v) is 23.5. The predicted molar refractivity (Wildman–Crippen MR) is 179 cm³/mol. The van der Waals surface area contributed by atoms with Gasteiger partial charge in [-0.2, -0.15) is 0 Å². The van der Waals surface area contributed by atoms with Crippen molar-refractivity contribution in [2.75, 3.05) is 0 Å². The standard InChI is InChI=1S/C38H21BrN2/c39-30-18-9-20-32-35(30)29-17-7-16-28-34-25-13-3-1-10-22(25)23-11-2-4-14-26(23)38(34)41-31-19-6-5-12-24(31)27-15-8-21-33(37(27)41)40(32)36(28)29/h1-21H. The third kappa shape index (κ3) is 2.59. The maximum Gasteiger partial charge on any atom is 0.0782 e. The lowest BCUT2D eigenvalue weighted by molar-refractivity contribution is 1.30. The van der Waals surface area contributed by atoms with Crippen molar-refractivity contribution >= 4 is 103 Å². The van der Waals surface area contributed by atoms with Gasteiger partial charge in [-0.15, -0.1) is 0 Å². The monoisotopic (exact) mass is 584 g/mol. The highest BCUT2D eigenvalue weighted by Crippen LogP contribution is 2.45. The average Bonchev–Trinajstić information content (AvgIpc) is 3.54. The number of halogens is 1. The molecule has 0 aliphatic carbocycles. The molecule has 0 aliphatic heterocycles. The van der Waals surface area contributed by atoms with Crippen LogP contribution in [0.25, 0.3) is 87.0 Å². The fourth-order valence-corrected chi connectivity index (χ4v) is 8.13. The molecule has 3 aromatic heterocycles. The van der Waals surface area contributed by atoms with Gasteiger partial charge >= 0.3 is 0 Å². The largest absolute Gasteiger partial charge is 0.306 e. The van der Waals surface area contributed by atoms with Crippen LogP contribution in [0.5, 0.6) is 0 Å². The smallest absolute Gasteiger partial charge is 0.0782 e. The molecule has 41 heavy (non-hydrogen) atoms. The van der Waals surface area contributed by atoms with Gasteiger partial charge < -0.3 is 8.80 Å². The quantitative estimate of drug-likeness (QED) is 0.157. The van der Waals surface area contributed by atoms with Gasteiger partial charge in [0, 0.05) is 42.2 Å². The van der Waals surface area contributed by atoms with E-state index >= 15 is 0 Å². The second-order valence-electron chi connectivity index (χ2n) is 11.0. The molecule has 0 unspecified atom stereocenters. The van der Waals surface area contributed by atoms with Gasteiger partial charge in [0.25, 0.3) is 0 Å². The second-order valence-corrected chi connectivity index (χ2v) is 11.9. The minimum atomic E-state index is 1.12. The fourth-order valence-electron chi connectivity index (χ4n) is 7.57. The second kappa shape index (κ2) is 7.66. The molecule has 0 aliphatic rings. The Balaban J connectivity index is 1.77. The molecule has 0 fully saturated rings. The zero-order valence-electron chi connectivity index (χ0n) is 21.9. The molecule has 0 atom stereocenters. The third-order valence-electron chi connectivity index (χ3n) is 9.07. The summed E-state index contributed by atoms with van der Waals surface area (Å²) < 4.78 is 6.18. The van der Waals surface area contributed by atoms with Crippen LogP contribution in [0.15, 0.2) is 132 Å². The zero-order chi connectivity index (χ0) is 26.8. The van der Waals surface area contributed by atoms with E-state index in [-0.39, 0.29) is 0 Å². The van der Waals surface area contributed by atoms with Gasteiger partial charge in [0.15, 0.2) is 0 Å². The summed E-state index contributed by atoms with van der Waals surface area (Å²) in [6.45, 7) is 0. The van der Waals surface area contributed by atoms with Crippen LogP contribution in [0.3, 0.4) is 0 Å². The minimum Gasteiger partial charge on any atom is -0.306 e. The molecule has 10 aromatic rings. The number of benzene rings is 7. The van der Waals surface area contributed by atoms with Crippen LogP contribution in [0.1, 0.15) is 0 Å². The highest BCUT2D eigenvalue weighted by Gasteiger charge is 2.22. The van der Waals surface area contributed by atoms with E-state index in [1.807, 2.05) is 0 Å². The Bertz CT molecular complexity index is 2760. The van der Waals surface area contributed by atoms with E-state index in [1.54, 1.807) is 0 Å². The lowest BCUT2D eigenvalue weighted by Crippen LogP contribution is -1.96. The van der Waals surface area contributed by atoms with E-state index in [2.05, 4.69) is 152 Å². The molecule has 10 rings (SSSR count). The summed E-state index contributed by atoms with van der Waals surface area (Å²) >= 11 is 3.93. The van der Waals surface area contributed by atoms with Gasteiger partial charge in [0.2, 0.25) is 0 Å². The highest BCUT2D eigenvalue weighted by atomic mass is 79.9. The van der Waals surface area contributed by atoms with Crippen molar-refractivity contribution in [2.45, 2.75) is 0 Å². The Morgan fingerprint density at radius 1 is 0.317 bits per heavy atom. The molecule has 0 saturated heterocycles. The van der Waals surface area contributed by atoms with Gasteiger partial charge in [-0.3, -0.25) is 0 Å². The van der Waals surface area contributed by atoms with Crippen LogP contribution in [0.2, 0.25) is 0 Å². The van der Waals surface area contributed by atoms with Crippen LogP contribution in [0, 0.1) is 0 Å². The van der Waals surface area contributed by atoms with E-state index in [0.29, 0.717) is 0 Å². The Morgan fingerprint density at radius 3 is 1.66 bits per heavy atom. The third-order valence-corrected chi connectivity index (χ3v) is 9.74. The van der Waals surface area contributed by atoms with Gasteiger partial charge in [0.1, 0.15) is 0 Å². The van der Waals surface area contributed by atoms with Crippen molar-refractivity contribution in [3.63, 3.8) is 0 Å². The molecule has 0 bridgehead atoms. The molecule has 0 amide bonds. The Labute approximate surface area is 242 Å². The van der Waals surface area contributed by atoms with E-state index in [9.17, 15) is 0 Å². The normalized spacial score (nSPS) is 12.5. The Kier molecular flexibility index (Phi) is 4.09. The molecule has 2 nitrogen and oxygen atoms in total. The first kappa shape index (κ1) is 21.9. The van der Waals surface area contributed by atoms with Crippen molar-refractivity contribution in [3.8, 4) is 0 Å². The van der Waals surface area contributed by atoms with Gasteiger partial charge in [-0.05, 0) is 40.4 Å². The van der Waals surface area contributed by atoms with E-state index < -0.39 is 0 Å². The average molecular weight is 586 g/mol. The maximum absolute atomic E-state index is 3.93. The molecule has 7 aromatic carbocycles. The summed E-state index contributed by atoms with van der Waals surface area (Å²) in [6.07, 6.45) is 0.